The number of hydrogen-bond acceptors (Lipinski definition) is 5. The van der Waals surface area contributed by atoms with Gasteiger partial charge in [0.25, 0.3) is 0 Å². The number of anilines is 1. The van der Waals surface area contributed by atoms with Gasteiger partial charge < -0.3 is 20.5 Å². The molecule has 104 valence electrons. The topological polar surface area (TPSA) is 110 Å². The zero-order valence-electron chi connectivity index (χ0n) is 10.6. The second-order valence-electron chi connectivity index (χ2n) is 4.86. The molecule has 19 heavy (non-hydrogen) atoms. The van der Waals surface area contributed by atoms with Crippen molar-refractivity contribution >= 4 is 17.6 Å². The molecule has 1 aliphatic rings. The Morgan fingerprint density at radius 1 is 1.53 bits per heavy atom. The van der Waals surface area contributed by atoms with Gasteiger partial charge >= 0.3 is 11.8 Å². The van der Waals surface area contributed by atoms with Crippen LogP contribution in [0.15, 0.2) is 6.33 Å². The first-order chi connectivity index (χ1) is 8.96. The second-order valence-corrected chi connectivity index (χ2v) is 4.86. The quantitative estimate of drug-likeness (QED) is 0.632. The molecule has 1 heterocycles. The summed E-state index contributed by atoms with van der Waals surface area (Å²) in [6.45, 7) is 0. The van der Waals surface area contributed by atoms with Crippen LogP contribution < -0.4 is 5.32 Å². The molecule has 1 saturated carbocycles. The van der Waals surface area contributed by atoms with E-state index in [4.69, 9.17) is 0 Å². The van der Waals surface area contributed by atoms with Gasteiger partial charge in [0.2, 0.25) is 12.1 Å². The highest BCUT2D eigenvalue weighted by Gasteiger charge is 2.42. The highest BCUT2D eigenvalue weighted by molar-refractivity contribution is 5.83. The first kappa shape index (κ1) is 13.3. The molecule has 0 spiro atoms. The van der Waals surface area contributed by atoms with E-state index in [1.165, 1.54) is 10.9 Å². The molecule has 8 heteroatoms. The number of nitrogens with one attached hydrogen (secondary N) is 1. The van der Waals surface area contributed by atoms with E-state index in [-0.39, 0.29) is 11.6 Å². The van der Waals surface area contributed by atoms with Crippen LogP contribution in [0.4, 0.5) is 11.6 Å². The third kappa shape index (κ3) is 2.38. The normalized spacial score (nSPS) is 17.9. The number of aliphatic carboxylic acids is 1. The summed E-state index contributed by atoms with van der Waals surface area (Å²) in [5, 5.41) is 23.2. The van der Waals surface area contributed by atoms with E-state index in [0.717, 1.165) is 19.3 Å². The lowest BCUT2D eigenvalue weighted by Gasteiger charge is -2.34. The van der Waals surface area contributed by atoms with Crippen molar-refractivity contribution in [1.82, 2.24) is 9.55 Å². The molecule has 2 N–H and O–H groups in total. The van der Waals surface area contributed by atoms with Gasteiger partial charge in [0, 0.05) is 7.05 Å². The highest BCUT2D eigenvalue weighted by atomic mass is 16.6. The number of carboxylic acid groups (broad SMARTS) is 1. The van der Waals surface area contributed by atoms with Gasteiger partial charge in [0.15, 0.2) is 0 Å². The SMILES string of the molecule is Cn1cnc([N+](=O)[O-])c1NC1(C(=O)O)CCCCC1. The van der Waals surface area contributed by atoms with Crippen molar-refractivity contribution in [2.24, 2.45) is 7.05 Å². The Kier molecular flexibility index (Phi) is 3.41. The van der Waals surface area contributed by atoms with Gasteiger partial charge in [0.05, 0.1) is 0 Å². The number of nitro groups is 1. The molecule has 0 aromatic carbocycles. The van der Waals surface area contributed by atoms with Crippen molar-refractivity contribution in [1.29, 1.82) is 0 Å². The molecule has 0 atom stereocenters. The minimum absolute atomic E-state index is 0.148. The Labute approximate surface area is 109 Å². The molecule has 0 bridgehead atoms. The van der Waals surface area contributed by atoms with Gasteiger partial charge in [-0.05, 0) is 22.7 Å². The van der Waals surface area contributed by atoms with Crippen LogP contribution in [-0.2, 0) is 11.8 Å². The number of hydrogen-bond donors (Lipinski definition) is 2. The van der Waals surface area contributed by atoms with Gasteiger partial charge in [0.1, 0.15) is 5.54 Å². The van der Waals surface area contributed by atoms with Gasteiger partial charge in [-0.25, -0.2) is 4.79 Å². The Hall–Kier alpha value is -2.12. The summed E-state index contributed by atoms with van der Waals surface area (Å²) in [4.78, 5) is 25.5. The predicted octanol–water partition coefficient (Wildman–Crippen LogP) is 1.53. The fraction of sp³-hybridized carbons (Fsp3) is 0.636. The maximum atomic E-state index is 11.5. The van der Waals surface area contributed by atoms with E-state index < -0.39 is 16.4 Å². The molecule has 1 aliphatic carbocycles. The van der Waals surface area contributed by atoms with E-state index in [0.29, 0.717) is 12.8 Å². The summed E-state index contributed by atoms with van der Waals surface area (Å²) in [5.74, 6) is -1.16. The molecule has 1 aromatic rings. The fourth-order valence-electron chi connectivity index (χ4n) is 2.47. The Morgan fingerprint density at radius 2 is 2.16 bits per heavy atom. The summed E-state index contributed by atoms with van der Waals surface area (Å²) in [6.07, 6.45) is 4.81. The third-order valence-electron chi connectivity index (χ3n) is 3.56. The average molecular weight is 268 g/mol. The van der Waals surface area contributed by atoms with Crippen LogP contribution in [-0.4, -0.2) is 31.1 Å². The van der Waals surface area contributed by atoms with Crippen molar-refractivity contribution in [2.45, 2.75) is 37.6 Å². The molecule has 0 unspecified atom stereocenters. The maximum Gasteiger partial charge on any atom is 0.406 e. The number of carboxylic acids is 1. The number of aryl methyl sites for hydroxylation is 1. The zero-order valence-corrected chi connectivity index (χ0v) is 10.6. The summed E-state index contributed by atoms with van der Waals surface area (Å²) in [7, 11) is 1.60. The van der Waals surface area contributed by atoms with Crippen molar-refractivity contribution in [2.75, 3.05) is 5.32 Å². The summed E-state index contributed by atoms with van der Waals surface area (Å²) in [5.41, 5.74) is -1.13. The van der Waals surface area contributed by atoms with Gasteiger partial charge in [-0.15, -0.1) is 0 Å². The van der Waals surface area contributed by atoms with Crippen LogP contribution in [0.25, 0.3) is 0 Å². The van der Waals surface area contributed by atoms with Crippen molar-refractivity contribution in [3.8, 4) is 0 Å². The predicted molar refractivity (Wildman–Crippen MR) is 66.9 cm³/mol. The number of imidazole rings is 1. The summed E-state index contributed by atoms with van der Waals surface area (Å²) in [6, 6.07) is 0. The Morgan fingerprint density at radius 3 is 2.68 bits per heavy atom. The molecule has 0 amide bonds. The van der Waals surface area contributed by atoms with Gasteiger partial charge in [-0.3, -0.25) is 4.57 Å². The van der Waals surface area contributed by atoms with Gasteiger partial charge in [-0.2, -0.15) is 0 Å². The Bertz CT molecular complexity index is 505. The largest absolute Gasteiger partial charge is 0.480 e. The van der Waals surface area contributed by atoms with Crippen LogP contribution in [0.3, 0.4) is 0 Å². The smallest absolute Gasteiger partial charge is 0.406 e. The van der Waals surface area contributed by atoms with Crippen LogP contribution in [0, 0.1) is 10.1 Å². The molecule has 1 fully saturated rings. The molecule has 0 aliphatic heterocycles. The van der Waals surface area contributed by atoms with Crippen LogP contribution in [0.5, 0.6) is 0 Å². The minimum atomic E-state index is -1.13. The minimum Gasteiger partial charge on any atom is -0.480 e. The van der Waals surface area contributed by atoms with Crippen molar-refractivity contribution in [3.05, 3.63) is 16.4 Å². The molecule has 2 rings (SSSR count). The molecule has 0 radical (unpaired) electrons. The average Bonchev–Trinajstić information content (AvgIpc) is 2.72. The number of carbonyl (C=O) groups is 1. The van der Waals surface area contributed by atoms with Gasteiger partial charge in [-0.1, -0.05) is 19.3 Å². The molecule has 8 nitrogen and oxygen atoms in total. The molecular formula is C11H16N4O4. The first-order valence-electron chi connectivity index (χ1n) is 6.13. The lowest BCUT2D eigenvalue weighted by Crippen LogP contribution is -2.48. The van der Waals surface area contributed by atoms with E-state index in [9.17, 15) is 20.0 Å². The summed E-state index contributed by atoms with van der Waals surface area (Å²) < 4.78 is 1.44. The molecule has 0 saturated heterocycles. The number of aromatic nitrogens is 2. The number of nitrogens with zero attached hydrogens (tertiary/aromatic N) is 3. The lowest BCUT2D eigenvalue weighted by molar-refractivity contribution is -0.388. The molecule has 1 aromatic heterocycles. The maximum absolute atomic E-state index is 11.5. The summed E-state index contributed by atoms with van der Waals surface area (Å²) >= 11 is 0. The van der Waals surface area contributed by atoms with E-state index in [2.05, 4.69) is 10.3 Å². The monoisotopic (exact) mass is 268 g/mol. The lowest BCUT2D eigenvalue weighted by atomic mass is 9.81. The Balaban J connectivity index is 2.34. The standard InChI is InChI=1S/C11H16N4O4/c1-14-7-12-8(15(18)19)9(14)13-11(10(16)17)5-3-2-4-6-11/h7,13H,2-6H2,1H3,(H,16,17). The number of rotatable bonds is 4. The third-order valence-corrected chi connectivity index (χ3v) is 3.56. The first-order valence-corrected chi connectivity index (χ1v) is 6.13. The highest BCUT2D eigenvalue weighted by Crippen LogP contribution is 2.34. The fourth-order valence-corrected chi connectivity index (χ4v) is 2.47. The van der Waals surface area contributed by atoms with E-state index >= 15 is 0 Å². The van der Waals surface area contributed by atoms with Crippen LogP contribution in [0.1, 0.15) is 32.1 Å². The van der Waals surface area contributed by atoms with E-state index in [1.54, 1.807) is 7.05 Å². The molecular weight excluding hydrogens is 252 g/mol. The second kappa shape index (κ2) is 4.87. The van der Waals surface area contributed by atoms with Crippen molar-refractivity contribution in [3.63, 3.8) is 0 Å². The van der Waals surface area contributed by atoms with Crippen molar-refractivity contribution < 1.29 is 14.8 Å². The van der Waals surface area contributed by atoms with E-state index in [1.807, 2.05) is 0 Å². The van der Waals surface area contributed by atoms with Crippen LogP contribution >= 0.6 is 0 Å². The zero-order chi connectivity index (χ0) is 14.0. The van der Waals surface area contributed by atoms with Crippen LogP contribution in [0.2, 0.25) is 0 Å².